The highest BCUT2D eigenvalue weighted by Gasteiger charge is 2.26. The van der Waals surface area contributed by atoms with E-state index in [1.165, 1.54) is 5.56 Å². The molecular weight excluding hydrogens is 340 g/mol. The van der Waals surface area contributed by atoms with Gasteiger partial charge in [0.1, 0.15) is 5.76 Å². The smallest absolute Gasteiger partial charge is 0.224 e. The number of piperidine rings is 1. The second kappa shape index (κ2) is 7.56. The van der Waals surface area contributed by atoms with Gasteiger partial charge in [0.25, 0.3) is 0 Å². The number of carbonyl (C=O) groups is 1. The molecule has 3 aromatic rings. The van der Waals surface area contributed by atoms with Crippen molar-refractivity contribution in [2.75, 3.05) is 13.1 Å². The summed E-state index contributed by atoms with van der Waals surface area (Å²) >= 11 is 0. The van der Waals surface area contributed by atoms with E-state index in [9.17, 15) is 4.79 Å². The average molecular weight is 366 g/mol. The first-order valence-corrected chi connectivity index (χ1v) is 9.55. The third-order valence-electron chi connectivity index (χ3n) is 5.35. The summed E-state index contributed by atoms with van der Waals surface area (Å²) in [6.07, 6.45) is 3.66. The van der Waals surface area contributed by atoms with E-state index in [4.69, 9.17) is 4.42 Å². The van der Waals surface area contributed by atoms with Crippen LogP contribution in [0.4, 0.5) is 0 Å². The first-order chi connectivity index (χ1) is 13.1. The van der Waals surface area contributed by atoms with Gasteiger partial charge in [-0.15, -0.1) is 0 Å². The minimum atomic E-state index is 0.0189. The van der Waals surface area contributed by atoms with Crippen LogP contribution in [0.25, 0.3) is 10.9 Å². The maximum Gasteiger partial charge on any atom is 0.224 e. The molecule has 6 heteroatoms. The Balaban J connectivity index is 1.38. The summed E-state index contributed by atoms with van der Waals surface area (Å²) in [5, 5.41) is 8.81. The van der Waals surface area contributed by atoms with Crippen molar-refractivity contribution in [3.05, 3.63) is 53.6 Å². The molecule has 2 aromatic heterocycles. The van der Waals surface area contributed by atoms with Gasteiger partial charge in [0.05, 0.1) is 36.5 Å². The Bertz CT molecular complexity index is 929. The van der Waals surface area contributed by atoms with Crippen molar-refractivity contribution in [1.82, 2.24) is 20.0 Å². The van der Waals surface area contributed by atoms with Gasteiger partial charge in [-0.2, -0.15) is 5.10 Å². The van der Waals surface area contributed by atoms with Gasteiger partial charge in [-0.05, 0) is 50.6 Å². The van der Waals surface area contributed by atoms with Crippen molar-refractivity contribution in [3.63, 3.8) is 0 Å². The van der Waals surface area contributed by atoms with E-state index in [2.05, 4.69) is 40.4 Å². The highest BCUT2D eigenvalue weighted by molar-refractivity contribution is 5.84. The van der Waals surface area contributed by atoms with Crippen LogP contribution in [-0.4, -0.2) is 33.7 Å². The minimum Gasteiger partial charge on any atom is -0.468 e. The van der Waals surface area contributed by atoms with Crippen molar-refractivity contribution in [2.24, 2.45) is 13.0 Å². The summed E-state index contributed by atoms with van der Waals surface area (Å²) < 4.78 is 7.31. The molecule has 0 radical (unpaired) electrons. The number of aromatic nitrogens is 2. The Hall–Kier alpha value is -2.60. The summed E-state index contributed by atoms with van der Waals surface area (Å²) in [6.45, 7) is 5.09. The molecule has 3 heterocycles. The van der Waals surface area contributed by atoms with Gasteiger partial charge in [0.2, 0.25) is 5.91 Å². The van der Waals surface area contributed by atoms with E-state index < -0.39 is 0 Å². The van der Waals surface area contributed by atoms with Crippen molar-refractivity contribution >= 4 is 16.8 Å². The van der Waals surface area contributed by atoms with Crippen molar-refractivity contribution in [2.45, 2.75) is 32.9 Å². The topological polar surface area (TPSA) is 63.3 Å². The molecule has 0 saturated carbocycles. The van der Waals surface area contributed by atoms with E-state index in [-0.39, 0.29) is 11.8 Å². The molecule has 1 atom stereocenters. The Morgan fingerprint density at radius 3 is 3.07 bits per heavy atom. The fourth-order valence-corrected chi connectivity index (χ4v) is 3.93. The zero-order valence-corrected chi connectivity index (χ0v) is 15.9. The fourth-order valence-electron chi connectivity index (χ4n) is 3.93. The van der Waals surface area contributed by atoms with Crippen LogP contribution in [0.1, 0.15) is 29.9 Å². The number of nitrogens with one attached hydrogen (secondary N) is 1. The van der Waals surface area contributed by atoms with Crippen LogP contribution in [0.3, 0.4) is 0 Å². The minimum absolute atomic E-state index is 0.0189. The van der Waals surface area contributed by atoms with Gasteiger partial charge < -0.3 is 9.73 Å². The van der Waals surface area contributed by atoms with Crippen LogP contribution in [0.2, 0.25) is 0 Å². The maximum atomic E-state index is 12.7. The first kappa shape index (κ1) is 17.8. The number of aryl methyl sites for hydroxylation is 2. The summed E-state index contributed by atoms with van der Waals surface area (Å²) in [6, 6.07) is 10.2. The van der Waals surface area contributed by atoms with E-state index >= 15 is 0 Å². The van der Waals surface area contributed by atoms with Gasteiger partial charge >= 0.3 is 0 Å². The van der Waals surface area contributed by atoms with E-state index in [1.807, 2.05) is 23.9 Å². The molecule has 142 valence electrons. The molecule has 1 N–H and O–H groups in total. The molecule has 4 rings (SSSR count). The standard InChI is InChI=1S/C21H26N4O2/c1-15-7-8-20-18(11-15)19(23-24(20)2)12-22-21(26)16-5-3-9-25(13-16)14-17-6-4-10-27-17/h4,6-8,10-11,16H,3,5,9,12-14H2,1-2H3,(H,22,26)/t16-/m0/s1. The zero-order valence-electron chi connectivity index (χ0n) is 15.9. The number of furan rings is 1. The van der Waals surface area contributed by atoms with Crippen molar-refractivity contribution in [1.29, 1.82) is 0 Å². The third-order valence-corrected chi connectivity index (χ3v) is 5.35. The zero-order chi connectivity index (χ0) is 18.8. The molecule has 1 saturated heterocycles. The average Bonchev–Trinajstić information content (AvgIpc) is 3.28. The Morgan fingerprint density at radius 1 is 1.37 bits per heavy atom. The van der Waals surface area contributed by atoms with Crippen LogP contribution in [-0.2, 0) is 24.9 Å². The summed E-state index contributed by atoms with van der Waals surface area (Å²) in [4.78, 5) is 15.0. The lowest BCUT2D eigenvalue weighted by molar-refractivity contribution is -0.127. The summed E-state index contributed by atoms with van der Waals surface area (Å²) in [5.74, 6) is 1.09. The van der Waals surface area contributed by atoms with Crippen molar-refractivity contribution < 1.29 is 9.21 Å². The number of carbonyl (C=O) groups excluding carboxylic acids is 1. The molecule has 0 aliphatic carbocycles. The van der Waals surface area contributed by atoms with Crippen LogP contribution < -0.4 is 5.32 Å². The molecule has 0 unspecified atom stereocenters. The number of nitrogens with zero attached hydrogens (tertiary/aromatic N) is 3. The number of likely N-dealkylation sites (tertiary alicyclic amines) is 1. The molecule has 1 aromatic carbocycles. The second-order valence-corrected chi connectivity index (χ2v) is 7.46. The number of fused-ring (bicyclic) bond motifs is 1. The van der Waals surface area contributed by atoms with Gasteiger partial charge in [-0.1, -0.05) is 11.6 Å². The van der Waals surface area contributed by atoms with Crippen LogP contribution in [0.15, 0.2) is 41.0 Å². The Labute approximate surface area is 159 Å². The highest BCUT2D eigenvalue weighted by Crippen LogP contribution is 2.21. The number of amides is 1. The maximum absolute atomic E-state index is 12.7. The van der Waals surface area contributed by atoms with Gasteiger partial charge in [-0.3, -0.25) is 14.4 Å². The Kier molecular flexibility index (Phi) is 4.99. The van der Waals surface area contributed by atoms with E-state index in [0.29, 0.717) is 6.54 Å². The van der Waals surface area contributed by atoms with Crippen LogP contribution in [0, 0.1) is 12.8 Å². The molecule has 6 nitrogen and oxygen atoms in total. The predicted octanol–water partition coefficient (Wildman–Crippen LogP) is 3.00. The summed E-state index contributed by atoms with van der Waals surface area (Å²) in [7, 11) is 1.94. The number of benzene rings is 1. The molecular formula is C21H26N4O2. The predicted molar refractivity (Wildman–Crippen MR) is 104 cm³/mol. The van der Waals surface area contributed by atoms with Gasteiger partial charge in [0.15, 0.2) is 0 Å². The molecule has 1 amide bonds. The molecule has 0 spiro atoms. The van der Waals surface area contributed by atoms with Crippen LogP contribution >= 0.6 is 0 Å². The number of hydrogen-bond acceptors (Lipinski definition) is 4. The normalized spacial score (nSPS) is 18.1. The highest BCUT2D eigenvalue weighted by atomic mass is 16.3. The first-order valence-electron chi connectivity index (χ1n) is 9.55. The number of rotatable bonds is 5. The van der Waals surface area contributed by atoms with Crippen LogP contribution in [0.5, 0.6) is 0 Å². The molecule has 1 fully saturated rings. The lowest BCUT2D eigenvalue weighted by atomic mass is 9.97. The van der Waals surface area contributed by atoms with Gasteiger partial charge in [-0.25, -0.2) is 0 Å². The molecule has 27 heavy (non-hydrogen) atoms. The number of hydrogen-bond donors (Lipinski definition) is 1. The quantitative estimate of drug-likeness (QED) is 0.754. The molecule has 1 aliphatic rings. The van der Waals surface area contributed by atoms with E-state index in [1.54, 1.807) is 6.26 Å². The fraction of sp³-hybridized carbons (Fsp3) is 0.429. The monoisotopic (exact) mass is 366 g/mol. The SMILES string of the molecule is Cc1ccc2c(c1)c(CNC(=O)[C@H]1CCCN(Cc3ccco3)C1)nn2C. The van der Waals surface area contributed by atoms with Crippen molar-refractivity contribution in [3.8, 4) is 0 Å². The largest absolute Gasteiger partial charge is 0.468 e. The third kappa shape index (κ3) is 3.90. The lowest BCUT2D eigenvalue weighted by Gasteiger charge is -2.31. The Morgan fingerprint density at radius 2 is 2.26 bits per heavy atom. The molecule has 1 aliphatic heterocycles. The molecule has 0 bridgehead atoms. The summed E-state index contributed by atoms with van der Waals surface area (Å²) in [5.41, 5.74) is 3.21. The van der Waals surface area contributed by atoms with Gasteiger partial charge in [0, 0.05) is 19.0 Å². The second-order valence-electron chi connectivity index (χ2n) is 7.46. The van der Waals surface area contributed by atoms with E-state index in [0.717, 1.165) is 54.8 Å². The lowest BCUT2D eigenvalue weighted by Crippen LogP contribution is -2.42.